The molecule has 0 aromatic rings. The molecule has 2 aliphatic rings. The Morgan fingerprint density at radius 3 is 2.33 bits per heavy atom. The minimum Gasteiger partial charge on any atom is -0.0799 e. The largest absolute Gasteiger partial charge is 0.0799 e. The Balaban J connectivity index is 2.38. The Kier molecular flexibility index (Phi) is 1.71. The summed E-state index contributed by atoms with van der Waals surface area (Å²) < 4.78 is 0. The smallest absolute Gasteiger partial charge is 0.00484 e. The van der Waals surface area contributed by atoms with Gasteiger partial charge in [-0.05, 0) is 25.7 Å². The van der Waals surface area contributed by atoms with Crippen LogP contribution in [0.4, 0.5) is 0 Å². The summed E-state index contributed by atoms with van der Waals surface area (Å²) in [5.74, 6) is 2.19. The Hall–Kier alpha value is -0.780. The van der Waals surface area contributed by atoms with Crippen LogP contribution in [0.5, 0.6) is 0 Å². The highest BCUT2D eigenvalue weighted by Gasteiger charge is 2.33. The van der Waals surface area contributed by atoms with Gasteiger partial charge in [0.05, 0.1) is 0 Å². The summed E-state index contributed by atoms with van der Waals surface area (Å²) >= 11 is 0. The average molecular weight is 160 g/mol. The first-order valence-corrected chi connectivity index (χ1v) is 4.74. The van der Waals surface area contributed by atoms with Crippen molar-refractivity contribution in [2.45, 2.75) is 20.8 Å². The van der Waals surface area contributed by atoms with Crippen molar-refractivity contribution in [1.82, 2.24) is 0 Å². The molecule has 2 aliphatic carbocycles. The van der Waals surface area contributed by atoms with Crippen molar-refractivity contribution in [1.29, 1.82) is 0 Å². The molecule has 0 saturated carbocycles. The van der Waals surface area contributed by atoms with Crippen LogP contribution in [0.1, 0.15) is 20.8 Å². The van der Waals surface area contributed by atoms with Gasteiger partial charge in [-0.15, -0.1) is 0 Å². The van der Waals surface area contributed by atoms with Crippen molar-refractivity contribution in [2.24, 2.45) is 17.8 Å². The summed E-state index contributed by atoms with van der Waals surface area (Å²) in [5.41, 5.74) is 3.19. The van der Waals surface area contributed by atoms with Gasteiger partial charge in [0, 0.05) is 5.92 Å². The first-order chi connectivity index (χ1) is 5.72. The van der Waals surface area contributed by atoms with Gasteiger partial charge in [0.2, 0.25) is 0 Å². The van der Waals surface area contributed by atoms with Gasteiger partial charge in [-0.1, -0.05) is 42.4 Å². The molecule has 0 N–H and O–H groups in total. The van der Waals surface area contributed by atoms with Crippen LogP contribution < -0.4 is 0 Å². The van der Waals surface area contributed by atoms with Gasteiger partial charge in [-0.2, -0.15) is 0 Å². The maximum absolute atomic E-state index is 2.36. The highest BCUT2D eigenvalue weighted by molar-refractivity contribution is 5.34. The van der Waals surface area contributed by atoms with Crippen LogP contribution in [0.25, 0.3) is 0 Å². The fourth-order valence-corrected chi connectivity index (χ4v) is 2.45. The molecule has 0 saturated heterocycles. The second kappa shape index (κ2) is 2.62. The summed E-state index contributed by atoms with van der Waals surface area (Å²) in [6.45, 7) is 6.90. The van der Waals surface area contributed by atoms with Crippen LogP contribution in [0.15, 0.2) is 35.5 Å². The van der Waals surface area contributed by atoms with E-state index in [4.69, 9.17) is 0 Å². The SMILES string of the molecule is CC1=C(C)[C@@H](C)C2C=CC=CC12. The minimum absolute atomic E-state index is 0.699. The summed E-state index contributed by atoms with van der Waals surface area (Å²) in [7, 11) is 0. The van der Waals surface area contributed by atoms with Crippen LogP contribution in [-0.2, 0) is 0 Å². The van der Waals surface area contributed by atoms with Gasteiger partial charge >= 0.3 is 0 Å². The van der Waals surface area contributed by atoms with Crippen LogP contribution in [0, 0.1) is 17.8 Å². The molecule has 0 heterocycles. The minimum atomic E-state index is 0.699. The number of hydrogen-bond donors (Lipinski definition) is 0. The lowest BCUT2D eigenvalue weighted by molar-refractivity contribution is 0.463. The first kappa shape index (κ1) is 7.85. The lowest BCUT2D eigenvalue weighted by Crippen LogP contribution is -2.13. The molecule has 0 nitrogen and oxygen atoms in total. The molecule has 0 heteroatoms. The molecule has 0 fully saturated rings. The van der Waals surface area contributed by atoms with E-state index in [1.807, 2.05) is 0 Å². The maximum Gasteiger partial charge on any atom is 0.00484 e. The van der Waals surface area contributed by atoms with Crippen molar-refractivity contribution in [3.05, 3.63) is 35.5 Å². The second-order valence-electron chi connectivity index (χ2n) is 4.03. The lowest BCUT2D eigenvalue weighted by Gasteiger charge is -2.20. The predicted octanol–water partition coefficient (Wildman–Crippen LogP) is 3.33. The van der Waals surface area contributed by atoms with Gasteiger partial charge in [-0.3, -0.25) is 0 Å². The van der Waals surface area contributed by atoms with Gasteiger partial charge in [0.25, 0.3) is 0 Å². The number of hydrogen-bond acceptors (Lipinski definition) is 0. The van der Waals surface area contributed by atoms with E-state index in [2.05, 4.69) is 45.1 Å². The van der Waals surface area contributed by atoms with Gasteiger partial charge < -0.3 is 0 Å². The molecule has 0 amide bonds. The van der Waals surface area contributed by atoms with Crippen molar-refractivity contribution in [3.8, 4) is 0 Å². The Morgan fingerprint density at radius 1 is 1.00 bits per heavy atom. The van der Waals surface area contributed by atoms with Gasteiger partial charge in [0.1, 0.15) is 0 Å². The van der Waals surface area contributed by atoms with E-state index in [0.29, 0.717) is 5.92 Å². The predicted molar refractivity (Wildman–Crippen MR) is 52.8 cm³/mol. The van der Waals surface area contributed by atoms with Gasteiger partial charge in [-0.25, -0.2) is 0 Å². The fraction of sp³-hybridized carbons (Fsp3) is 0.500. The molecular formula is C12H16. The molecule has 0 spiro atoms. The third kappa shape index (κ3) is 0.906. The molecule has 0 aromatic heterocycles. The van der Waals surface area contributed by atoms with Crippen LogP contribution in [-0.4, -0.2) is 0 Å². The molecule has 0 radical (unpaired) electrons. The highest BCUT2D eigenvalue weighted by Crippen LogP contribution is 2.43. The van der Waals surface area contributed by atoms with Gasteiger partial charge in [0.15, 0.2) is 0 Å². The van der Waals surface area contributed by atoms with E-state index in [-0.39, 0.29) is 0 Å². The zero-order valence-corrected chi connectivity index (χ0v) is 8.04. The lowest BCUT2D eigenvalue weighted by atomic mass is 9.84. The number of fused-ring (bicyclic) bond motifs is 1. The van der Waals surface area contributed by atoms with E-state index in [0.717, 1.165) is 11.8 Å². The van der Waals surface area contributed by atoms with Crippen molar-refractivity contribution >= 4 is 0 Å². The summed E-state index contributed by atoms with van der Waals surface area (Å²) in [6, 6.07) is 0. The summed E-state index contributed by atoms with van der Waals surface area (Å²) in [6.07, 6.45) is 9.06. The number of allylic oxidation sites excluding steroid dienone is 6. The normalized spacial score (nSPS) is 39.1. The molecule has 3 atom stereocenters. The van der Waals surface area contributed by atoms with E-state index < -0.39 is 0 Å². The summed E-state index contributed by atoms with van der Waals surface area (Å²) in [4.78, 5) is 0. The van der Waals surface area contributed by atoms with Crippen LogP contribution in [0.3, 0.4) is 0 Å². The van der Waals surface area contributed by atoms with Crippen LogP contribution in [0.2, 0.25) is 0 Å². The monoisotopic (exact) mass is 160 g/mol. The Morgan fingerprint density at radius 2 is 1.67 bits per heavy atom. The molecule has 64 valence electrons. The van der Waals surface area contributed by atoms with Crippen molar-refractivity contribution in [3.63, 3.8) is 0 Å². The molecule has 12 heavy (non-hydrogen) atoms. The third-order valence-electron chi connectivity index (χ3n) is 3.56. The molecule has 0 bridgehead atoms. The Bertz CT molecular complexity index is 278. The molecule has 2 unspecified atom stereocenters. The molecule has 0 aromatic carbocycles. The average Bonchev–Trinajstić information content (AvgIpc) is 2.33. The van der Waals surface area contributed by atoms with E-state index in [9.17, 15) is 0 Å². The highest BCUT2D eigenvalue weighted by atomic mass is 14.4. The van der Waals surface area contributed by atoms with E-state index in [1.54, 1.807) is 11.1 Å². The molecule has 2 rings (SSSR count). The zero-order chi connectivity index (χ0) is 8.72. The van der Waals surface area contributed by atoms with Crippen LogP contribution >= 0.6 is 0 Å². The van der Waals surface area contributed by atoms with Crippen molar-refractivity contribution in [2.75, 3.05) is 0 Å². The number of rotatable bonds is 0. The second-order valence-corrected chi connectivity index (χ2v) is 4.03. The molecule has 0 aliphatic heterocycles. The van der Waals surface area contributed by atoms with E-state index >= 15 is 0 Å². The Labute approximate surface area is 74.7 Å². The summed E-state index contributed by atoms with van der Waals surface area (Å²) in [5, 5.41) is 0. The third-order valence-corrected chi connectivity index (χ3v) is 3.56. The standard InChI is InChI=1S/C12H16/c1-8-9(2)11-6-4-5-7-12(11)10(8)3/h4-7,9,11-12H,1-3H3/t9-,11?,12?/m1/s1. The van der Waals surface area contributed by atoms with Crippen molar-refractivity contribution < 1.29 is 0 Å². The quantitative estimate of drug-likeness (QED) is 0.477. The fourth-order valence-electron chi connectivity index (χ4n) is 2.45. The topological polar surface area (TPSA) is 0 Å². The zero-order valence-electron chi connectivity index (χ0n) is 8.04. The molecular weight excluding hydrogens is 144 g/mol. The maximum atomic E-state index is 2.36. The first-order valence-electron chi connectivity index (χ1n) is 4.74. The van der Waals surface area contributed by atoms with E-state index in [1.165, 1.54) is 0 Å².